The van der Waals surface area contributed by atoms with Crippen LogP contribution < -0.4 is 0 Å². The zero-order valence-electron chi connectivity index (χ0n) is 30.0. The van der Waals surface area contributed by atoms with Crippen LogP contribution in [0.5, 0.6) is 0 Å². The van der Waals surface area contributed by atoms with Crippen molar-refractivity contribution >= 4 is 48.5 Å². The third kappa shape index (κ3) is 4.78. The molecule has 0 N–H and O–H groups in total. The van der Waals surface area contributed by atoms with Crippen LogP contribution >= 0.6 is 15.9 Å². The van der Waals surface area contributed by atoms with Crippen molar-refractivity contribution in [2.24, 2.45) is 0 Å². The van der Waals surface area contributed by atoms with Gasteiger partial charge in [-0.3, -0.25) is 0 Å². The molecule has 11 rings (SSSR count). The third-order valence-electron chi connectivity index (χ3n) is 11.7. The summed E-state index contributed by atoms with van der Waals surface area (Å²) in [5.41, 5.74) is 15.7. The molecule has 0 spiro atoms. The first-order valence-electron chi connectivity index (χ1n) is 18.9. The van der Waals surface area contributed by atoms with E-state index in [1.165, 1.54) is 88.2 Å². The van der Waals surface area contributed by atoms with Crippen molar-refractivity contribution in [1.82, 2.24) is 4.57 Å². The van der Waals surface area contributed by atoms with Gasteiger partial charge in [-0.15, -0.1) is 0 Å². The van der Waals surface area contributed by atoms with E-state index < -0.39 is 5.41 Å². The van der Waals surface area contributed by atoms with Crippen molar-refractivity contribution in [1.29, 1.82) is 0 Å². The molecule has 10 aromatic rings. The van der Waals surface area contributed by atoms with Crippen molar-refractivity contribution < 1.29 is 0 Å². The lowest BCUT2D eigenvalue weighted by molar-refractivity contribution is 0.768. The number of benzene rings is 9. The second-order valence-corrected chi connectivity index (χ2v) is 15.5. The van der Waals surface area contributed by atoms with Crippen LogP contribution in [0.2, 0.25) is 0 Å². The number of hydrogen-bond donors (Lipinski definition) is 0. The highest BCUT2D eigenvalue weighted by Gasteiger charge is 2.46. The SMILES string of the molecule is Brc1cccc(-c2ccccc2-c2ccc3c4ccc5ccccc5c4n(-c4ccc5c(c4)-c4ccccc4C5(c4ccccc4)c4ccccc4)c3c2)c1. The van der Waals surface area contributed by atoms with E-state index in [1.807, 2.05) is 0 Å². The Hall–Kier alpha value is -6.48. The highest BCUT2D eigenvalue weighted by molar-refractivity contribution is 9.10. The molecule has 0 aliphatic heterocycles. The van der Waals surface area contributed by atoms with Crippen LogP contribution in [-0.2, 0) is 5.41 Å². The van der Waals surface area contributed by atoms with Crippen molar-refractivity contribution in [2.45, 2.75) is 5.41 Å². The van der Waals surface area contributed by atoms with Gasteiger partial charge in [0.2, 0.25) is 0 Å². The molecule has 0 unspecified atom stereocenters. The van der Waals surface area contributed by atoms with Gasteiger partial charge in [0.05, 0.1) is 16.4 Å². The minimum atomic E-state index is -0.441. The Morgan fingerprint density at radius 1 is 0.382 bits per heavy atom. The van der Waals surface area contributed by atoms with E-state index in [9.17, 15) is 0 Å². The van der Waals surface area contributed by atoms with E-state index in [2.05, 4.69) is 227 Å². The van der Waals surface area contributed by atoms with Crippen LogP contribution in [0.1, 0.15) is 22.3 Å². The summed E-state index contributed by atoms with van der Waals surface area (Å²) < 4.78 is 3.59. The summed E-state index contributed by atoms with van der Waals surface area (Å²) in [6.45, 7) is 0. The van der Waals surface area contributed by atoms with Gasteiger partial charge in [-0.2, -0.15) is 0 Å². The Morgan fingerprint density at radius 2 is 1.00 bits per heavy atom. The lowest BCUT2D eigenvalue weighted by Crippen LogP contribution is -2.28. The molecular formula is C53H34BrN. The predicted molar refractivity (Wildman–Crippen MR) is 234 cm³/mol. The second kappa shape index (κ2) is 12.6. The fraction of sp³-hybridized carbons (Fsp3) is 0.0189. The van der Waals surface area contributed by atoms with Crippen molar-refractivity contribution in [3.63, 3.8) is 0 Å². The Balaban J connectivity index is 1.21. The number of halogens is 1. The van der Waals surface area contributed by atoms with Crippen molar-refractivity contribution in [3.8, 4) is 39.1 Å². The highest BCUT2D eigenvalue weighted by atomic mass is 79.9. The first-order chi connectivity index (χ1) is 27.2. The number of aromatic nitrogens is 1. The molecule has 0 radical (unpaired) electrons. The smallest absolute Gasteiger partial charge is 0.0713 e. The molecule has 0 saturated heterocycles. The van der Waals surface area contributed by atoms with E-state index in [-0.39, 0.29) is 0 Å². The van der Waals surface area contributed by atoms with Crippen molar-refractivity contribution in [3.05, 3.63) is 233 Å². The molecule has 1 aromatic heterocycles. The molecule has 0 saturated carbocycles. The average Bonchev–Trinajstić information content (AvgIpc) is 3.75. The largest absolute Gasteiger partial charge is 0.309 e. The highest BCUT2D eigenvalue weighted by Crippen LogP contribution is 2.56. The molecule has 55 heavy (non-hydrogen) atoms. The molecule has 0 fully saturated rings. The summed E-state index contributed by atoms with van der Waals surface area (Å²) in [6.07, 6.45) is 0. The molecule has 1 nitrogen and oxygen atoms in total. The van der Waals surface area contributed by atoms with Crippen LogP contribution in [0.4, 0.5) is 0 Å². The van der Waals surface area contributed by atoms with Gasteiger partial charge in [-0.05, 0) is 91.4 Å². The quantitative estimate of drug-likeness (QED) is 0.164. The number of hydrogen-bond acceptors (Lipinski definition) is 0. The molecule has 2 heteroatoms. The van der Waals surface area contributed by atoms with Gasteiger partial charge >= 0.3 is 0 Å². The van der Waals surface area contributed by atoms with Gasteiger partial charge in [0, 0.05) is 26.3 Å². The van der Waals surface area contributed by atoms with Gasteiger partial charge in [0.1, 0.15) is 0 Å². The zero-order chi connectivity index (χ0) is 36.5. The van der Waals surface area contributed by atoms with Gasteiger partial charge in [-0.1, -0.05) is 192 Å². The van der Waals surface area contributed by atoms with Gasteiger partial charge < -0.3 is 4.57 Å². The molecule has 1 aliphatic carbocycles. The van der Waals surface area contributed by atoms with Crippen LogP contribution in [0.15, 0.2) is 211 Å². The summed E-state index contributed by atoms with van der Waals surface area (Å²) in [7, 11) is 0. The average molecular weight is 765 g/mol. The van der Waals surface area contributed by atoms with E-state index in [1.54, 1.807) is 0 Å². The summed E-state index contributed by atoms with van der Waals surface area (Å²) in [5, 5.41) is 4.98. The first kappa shape index (κ1) is 32.0. The Kier molecular flexibility index (Phi) is 7.30. The monoisotopic (exact) mass is 763 g/mol. The molecule has 1 aliphatic rings. The zero-order valence-corrected chi connectivity index (χ0v) is 31.5. The maximum atomic E-state index is 3.71. The Bertz CT molecular complexity index is 3060. The van der Waals surface area contributed by atoms with Crippen LogP contribution in [0.3, 0.4) is 0 Å². The van der Waals surface area contributed by atoms with E-state index in [0.717, 1.165) is 10.2 Å². The molecule has 258 valence electrons. The Morgan fingerprint density at radius 3 is 1.75 bits per heavy atom. The summed E-state index contributed by atoms with van der Waals surface area (Å²) in [5.74, 6) is 0. The van der Waals surface area contributed by atoms with E-state index >= 15 is 0 Å². The fourth-order valence-electron chi connectivity index (χ4n) is 9.43. The summed E-state index contributed by atoms with van der Waals surface area (Å²) in [6, 6.07) is 76.1. The molecular weight excluding hydrogens is 730 g/mol. The van der Waals surface area contributed by atoms with Crippen LogP contribution in [-0.4, -0.2) is 4.57 Å². The topological polar surface area (TPSA) is 4.93 Å². The maximum Gasteiger partial charge on any atom is 0.0713 e. The first-order valence-corrected chi connectivity index (χ1v) is 19.7. The Labute approximate surface area is 328 Å². The third-order valence-corrected chi connectivity index (χ3v) is 12.2. The van der Waals surface area contributed by atoms with Gasteiger partial charge in [0.25, 0.3) is 0 Å². The van der Waals surface area contributed by atoms with Crippen LogP contribution in [0.25, 0.3) is 71.6 Å². The van der Waals surface area contributed by atoms with Crippen molar-refractivity contribution in [2.75, 3.05) is 0 Å². The molecule has 9 aromatic carbocycles. The molecule has 0 atom stereocenters. The summed E-state index contributed by atoms with van der Waals surface area (Å²) in [4.78, 5) is 0. The molecule has 0 bridgehead atoms. The fourth-order valence-corrected chi connectivity index (χ4v) is 9.83. The van der Waals surface area contributed by atoms with E-state index in [0.29, 0.717) is 0 Å². The van der Waals surface area contributed by atoms with E-state index in [4.69, 9.17) is 0 Å². The standard InChI is InChI=1S/C53H34BrN/c54-40-20-13-15-36(32-40)42-21-9-10-22-43(42)37-27-29-46-47-30-26-35-14-7-8-23-44(35)52(47)55(51(46)33-37)41-28-31-50-48(34-41)45-24-11-12-25-49(45)53(50,38-16-3-1-4-17-38)39-18-5-2-6-19-39/h1-34H. The number of fused-ring (bicyclic) bond motifs is 8. The maximum absolute atomic E-state index is 3.71. The predicted octanol–water partition coefficient (Wildman–Crippen LogP) is 14.4. The minimum absolute atomic E-state index is 0.441. The van der Waals surface area contributed by atoms with Gasteiger partial charge in [-0.25, -0.2) is 0 Å². The van der Waals surface area contributed by atoms with Crippen LogP contribution in [0, 0.1) is 0 Å². The molecule has 0 amide bonds. The number of nitrogens with zero attached hydrogens (tertiary/aromatic N) is 1. The molecule has 1 heterocycles. The summed E-state index contributed by atoms with van der Waals surface area (Å²) >= 11 is 3.71. The number of rotatable bonds is 5. The normalized spacial score (nSPS) is 13.0. The lowest BCUT2D eigenvalue weighted by Gasteiger charge is -2.33. The second-order valence-electron chi connectivity index (χ2n) is 14.6. The van der Waals surface area contributed by atoms with Gasteiger partial charge in [0.15, 0.2) is 0 Å². The lowest BCUT2D eigenvalue weighted by atomic mass is 9.68. The minimum Gasteiger partial charge on any atom is -0.309 e.